The summed E-state index contributed by atoms with van der Waals surface area (Å²) in [5.74, 6) is 0. The molecular formula is C5H16N2O10P2. The van der Waals surface area contributed by atoms with Crippen LogP contribution in [-0.2, 0) is 15.7 Å². The molecule has 0 bridgehead atoms. The highest BCUT2D eigenvalue weighted by Gasteiger charge is 2.59. The molecule has 1 aromatic heterocycles. The quantitative estimate of drug-likeness (QED) is 0.345. The molecule has 0 unspecified atom stereocenters. The van der Waals surface area contributed by atoms with E-state index in [0.717, 1.165) is 10.9 Å². The average Bonchev–Trinajstić information content (AvgIpc) is 2.52. The van der Waals surface area contributed by atoms with Gasteiger partial charge >= 0.3 is 15.2 Å². The lowest BCUT2D eigenvalue weighted by molar-refractivity contribution is 0.115. The summed E-state index contributed by atoms with van der Waals surface area (Å²) in [6.07, 6.45) is 3.51. The van der Waals surface area contributed by atoms with Crippen molar-refractivity contribution in [2.24, 2.45) is 0 Å². The number of hydrogen-bond acceptors (Lipinski definition) is 4. The molecule has 19 heavy (non-hydrogen) atoms. The summed E-state index contributed by atoms with van der Waals surface area (Å²) >= 11 is 0. The third-order valence-electron chi connectivity index (χ3n) is 1.89. The van der Waals surface area contributed by atoms with Crippen LogP contribution in [0.1, 0.15) is 0 Å². The molecule has 0 aromatic carbocycles. The minimum atomic E-state index is -5.41. The van der Waals surface area contributed by atoms with Crippen molar-refractivity contribution in [2.45, 2.75) is 11.6 Å². The molecule has 1 heterocycles. The van der Waals surface area contributed by atoms with Crippen LogP contribution in [0.4, 0.5) is 0 Å². The second-order valence-corrected chi connectivity index (χ2v) is 7.11. The first-order valence-electron chi connectivity index (χ1n) is 3.87. The lowest BCUT2D eigenvalue weighted by Gasteiger charge is -2.29. The molecule has 0 amide bonds. The Morgan fingerprint density at radius 3 is 1.74 bits per heavy atom. The van der Waals surface area contributed by atoms with Gasteiger partial charge in [-0.1, -0.05) is 0 Å². The molecule has 0 fully saturated rings. The van der Waals surface area contributed by atoms with Crippen molar-refractivity contribution in [3.05, 3.63) is 18.7 Å². The Morgan fingerprint density at radius 1 is 1.05 bits per heavy atom. The Bertz CT molecular complexity index is 426. The summed E-state index contributed by atoms with van der Waals surface area (Å²) < 4.78 is 22.8. The van der Waals surface area contributed by atoms with Crippen LogP contribution >= 0.6 is 15.2 Å². The number of nitrogens with zero attached hydrogens (tertiary/aromatic N) is 2. The summed E-state index contributed by atoms with van der Waals surface area (Å²) in [6.45, 7) is -0.957. The number of aromatic nitrogens is 2. The van der Waals surface area contributed by atoms with Crippen LogP contribution in [0.15, 0.2) is 18.7 Å². The molecular weight excluding hydrogens is 310 g/mol. The third kappa shape index (κ3) is 4.75. The van der Waals surface area contributed by atoms with Crippen LogP contribution < -0.4 is 0 Å². The molecule has 1 aromatic rings. The molecule has 0 aliphatic carbocycles. The zero-order chi connectivity index (χ0) is 12.6. The Labute approximate surface area is 106 Å². The largest absolute Gasteiger partial charge is 0.412 e. The first-order chi connectivity index (χ1) is 7.08. The van der Waals surface area contributed by atoms with E-state index in [1.807, 2.05) is 0 Å². The van der Waals surface area contributed by atoms with Gasteiger partial charge < -0.3 is 45.7 Å². The minimum absolute atomic E-state index is 0. The SMILES string of the molecule is O.O.O.O=P(O)(O)C(O)(Cn1ccnc1)P(=O)(O)O. The highest BCUT2D eigenvalue weighted by molar-refractivity contribution is 7.72. The zero-order valence-corrected chi connectivity index (χ0v) is 11.1. The second-order valence-electron chi connectivity index (χ2n) is 3.10. The molecule has 1 rings (SSSR count). The van der Waals surface area contributed by atoms with Gasteiger partial charge in [-0.05, 0) is 0 Å². The fourth-order valence-electron chi connectivity index (χ4n) is 0.979. The molecule has 0 saturated carbocycles. The monoisotopic (exact) mass is 326 g/mol. The van der Waals surface area contributed by atoms with Gasteiger partial charge in [0.05, 0.1) is 12.9 Å². The molecule has 0 aliphatic rings. The van der Waals surface area contributed by atoms with Crippen molar-refractivity contribution in [2.75, 3.05) is 0 Å². The maximum Gasteiger partial charge on any atom is 0.371 e. The number of rotatable bonds is 4. The first kappa shape index (κ1) is 23.4. The Balaban J connectivity index is -0.000000853. The molecule has 14 heteroatoms. The van der Waals surface area contributed by atoms with Crippen molar-refractivity contribution in [1.82, 2.24) is 9.55 Å². The Kier molecular flexibility index (Phi) is 8.91. The lowest BCUT2D eigenvalue weighted by atomic mass is 10.6. The molecule has 116 valence electrons. The van der Waals surface area contributed by atoms with Gasteiger partial charge in [-0.25, -0.2) is 4.98 Å². The van der Waals surface area contributed by atoms with Gasteiger partial charge in [-0.15, -0.1) is 0 Å². The molecule has 0 atom stereocenters. The van der Waals surface area contributed by atoms with E-state index < -0.39 is 26.8 Å². The Hall–Kier alpha value is -0.650. The van der Waals surface area contributed by atoms with Crippen LogP contribution in [0.5, 0.6) is 0 Å². The van der Waals surface area contributed by atoms with E-state index >= 15 is 0 Å². The van der Waals surface area contributed by atoms with E-state index in [0.29, 0.717) is 0 Å². The molecule has 11 N–H and O–H groups in total. The van der Waals surface area contributed by atoms with Gasteiger partial charge in [0.2, 0.25) is 0 Å². The lowest BCUT2D eigenvalue weighted by Crippen LogP contribution is -2.33. The van der Waals surface area contributed by atoms with Crippen LogP contribution in [-0.4, -0.2) is 55.7 Å². The molecule has 0 aliphatic heterocycles. The maximum atomic E-state index is 10.9. The van der Waals surface area contributed by atoms with E-state index in [2.05, 4.69) is 4.98 Å². The number of imidazole rings is 1. The fourth-order valence-corrected chi connectivity index (χ4v) is 3.03. The summed E-state index contributed by atoms with van der Waals surface area (Å²) in [6, 6.07) is 0. The standard InChI is InChI=1S/C5H10N2O7P2.3H2O/c8-5(15(9,10)11,16(12,13)14)3-7-2-1-6-4-7;;;/h1-2,4,8H,3H2,(H2,9,10,11)(H2,12,13,14);3*1H2. The number of hydrogen-bond donors (Lipinski definition) is 5. The van der Waals surface area contributed by atoms with Gasteiger partial charge in [-0.2, -0.15) is 0 Å². The van der Waals surface area contributed by atoms with Gasteiger partial charge in [-0.3, -0.25) is 9.13 Å². The van der Waals surface area contributed by atoms with Crippen molar-refractivity contribution in [1.29, 1.82) is 0 Å². The molecule has 0 radical (unpaired) electrons. The highest BCUT2D eigenvalue weighted by Crippen LogP contribution is 2.67. The van der Waals surface area contributed by atoms with Gasteiger partial charge in [0.1, 0.15) is 0 Å². The summed E-state index contributed by atoms with van der Waals surface area (Å²) in [7, 11) is -10.8. The maximum absolute atomic E-state index is 10.9. The van der Waals surface area contributed by atoms with Crippen LogP contribution in [0, 0.1) is 0 Å². The van der Waals surface area contributed by atoms with E-state index in [1.165, 1.54) is 12.4 Å². The minimum Gasteiger partial charge on any atom is -0.412 e. The van der Waals surface area contributed by atoms with Gasteiger partial charge in [0.15, 0.2) is 0 Å². The summed E-state index contributed by atoms with van der Waals surface area (Å²) in [4.78, 5) is 38.7. The van der Waals surface area contributed by atoms with E-state index in [9.17, 15) is 14.2 Å². The smallest absolute Gasteiger partial charge is 0.371 e. The molecule has 0 spiro atoms. The van der Waals surface area contributed by atoms with Crippen molar-refractivity contribution < 1.29 is 50.2 Å². The third-order valence-corrected chi connectivity index (χ3v) is 5.60. The first-order valence-corrected chi connectivity index (χ1v) is 7.10. The van der Waals surface area contributed by atoms with E-state index in [1.54, 1.807) is 0 Å². The van der Waals surface area contributed by atoms with Crippen LogP contribution in [0.3, 0.4) is 0 Å². The predicted molar refractivity (Wildman–Crippen MR) is 62.1 cm³/mol. The van der Waals surface area contributed by atoms with E-state index in [4.69, 9.17) is 19.6 Å². The molecule has 0 saturated heterocycles. The van der Waals surface area contributed by atoms with Crippen LogP contribution in [0.25, 0.3) is 0 Å². The fraction of sp³-hybridized carbons (Fsp3) is 0.400. The van der Waals surface area contributed by atoms with E-state index in [-0.39, 0.29) is 16.4 Å². The zero-order valence-electron chi connectivity index (χ0n) is 9.28. The normalized spacial score (nSPS) is 11.8. The van der Waals surface area contributed by atoms with Crippen LogP contribution in [0.2, 0.25) is 0 Å². The summed E-state index contributed by atoms with van der Waals surface area (Å²) in [5, 5.41) is 6.04. The van der Waals surface area contributed by atoms with Crippen molar-refractivity contribution in [3.8, 4) is 0 Å². The average molecular weight is 326 g/mol. The number of aliphatic hydroxyl groups is 1. The second kappa shape index (κ2) is 7.22. The summed E-state index contributed by atoms with van der Waals surface area (Å²) in [5.41, 5.74) is 0. The predicted octanol–water partition coefficient (Wildman–Crippen LogP) is -3.59. The van der Waals surface area contributed by atoms with Crippen molar-refractivity contribution in [3.63, 3.8) is 0 Å². The molecule has 12 nitrogen and oxygen atoms in total. The highest BCUT2D eigenvalue weighted by atomic mass is 31.2. The van der Waals surface area contributed by atoms with Gasteiger partial charge in [0, 0.05) is 12.4 Å². The van der Waals surface area contributed by atoms with Crippen molar-refractivity contribution >= 4 is 15.2 Å². The van der Waals surface area contributed by atoms with Gasteiger partial charge in [0.25, 0.3) is 5.08 Å². The topological polar surface area (TPSA) is 248 Å². The Morgan fingerprint density at radius 2 is 1.47 bits per heavy atom.